The molecule has 0 bridgehead atoms. The van der Waals surface area contributed by atoms with Crippen molar-refractivity contribution in [2.45, 2.75) is 52.2 Å². The van der Waals surface area contributed by atoms with Gasteiger partial charge in [0.15, 0.2) is 0 Å². The zero-order valence-electron chi connectivity index (χ0n) is 19.6. The highest BCUT2D eigenvalue weighted by atomic mass is 19.1. The summed E-state index contributed by atoms with van der Waals surface area (Å²) in [5.74, 6) is -0.276. The normalized spacial score (nSPS) is 17.8. The van der Waals surface area contributed by atoms with Gasteiger partial charge in [-0.1, -0.05) is 42.0 Å². The van der Waals surface area contributed by atoms with Gasteiger partial charge < -0.3 is 20.1 Å². The molecule has 174 valence electrons. The molecule has 1 fully saturated rings. The van der Waals surface area contributed by atoms with Crippen molar-refractivity contribution < 1.29 is 18.7 Å². The monoisotopic (exact) mass is 442 g/mol. The van der Waals surface area contributed by atoms with Crippen molar-refractivity contribution in [2.75, 3.05) is 26.2 Å². The lowest BCUT2D eigenvalue weighted by molar-refractivity contribution is -0.0232. The predicted octanol–water partition coefficient (Wildman–Crippen LogP) is 5.46. The fraction of sp³-hybridized carbons (Fsp3) is 0.500. The van der Waals surface area contributed by atoms with Crippen molar-refractivity contribution in [3.63, 3.8) is 0 Å². The topological polar surface area (TPSA) is 64.8 Å². The second-order valence-corrected chi connectivity index (χ2v) is 9.48. The number of nitrogens with two attached hydrogens (primary N) is 1. The Balaban J connectivity index is 1.95. The Bertz CT molecular complexity index is 926. The smallest absolute Gasteiger partial charge is 0.410 e. The molecule has 2 N–H and O–H groups in total. The molecule has 2 atom stereocenters. The van der Waals surface area contributed by atoms with E-state index in [-0.39, 0.29) is 23.9 Å². The first-order valence-electron chi connectivity index (χ1n) is 11.3. The van der Waals surface area contributed by atoms with Crippen LogP contribution < -0.4 is 5.73 Å². The minimum absolute atomic E-state index is 0.00757. The van der Waals surface area contributed by atoms with Gasteiger partial charge in [-0.25, -0.2) is 9.18 Å². The molecular weight excluding hydrogens is 407 g/mol. The summed E-state index contributed by atoms with van der Waals surface area (Å²) < 4.78 is 26.9. The molecule has 0 aliphatic carbocycles. The lowest BCUT2D eigenvalue weighted by Gasteiger charge is -2.38. The third-order valence-corrected chi connectivity index (χ3v) is 5.61. The van der Waals surface area contributed by atoms with Crippen LogP contribution in [0.4, 0.5) is 9.18 Å². The maximum atomic E-state index is 15.1. The third-order valence-electron chi connectivity index (χ3n) is 5.61. The Morgan fingerprint density at radius 1 is 1.25 bits per heavy atom. The molecular formula is C26H35FN2O3. The number of ether oxygens (including phenoxy) is 2. The van der Waals surface area contributed by atoms with Gasteiger partial charge in [0.25, 0.3) is 0 Å². The minimum Gasteiger partial charge on any atom is -0.444 e. The molecule has 0 spiro atoms. The molecule has 3 rings (SSSR count). The third kappa shape index (κ3) is 6.08. The molecule has 5 nitrogen and oxygen atoms in total. The summed E-state index contributed by atoms with van der Waals surface area (Å²) in [5, 5.41) is 0. The molecule has 0 aromatic heterocycles. The van der Waals surface area contributed by atoms with Gasteiger partial charge in [-0.2, -0.15) is 0 Å². The molecule has 6 heteroatoms. The lowest BCUT2D eigenvalue weighted by atomic mass is 9.84. The molecule has 1 unspecified atom stereocenters. The van der Waals surface area contributed by atoms with E-state index in [4.69, 9.17) is 15.2 Å². The van der Waals surface area contributed by atoms with Crippen molar-refractivity contribution in [2.24, 2.45) is 11.7 Å². The highest BCUT2D eigenvalue weighted by Crippen LogP contribution is 2.39. The highest BCUT2D eigenvalue weighted by Gasteiger charge is 2.34. The second-order valence-electron chi connectivity index (χ2n) is 9.48. The summed E-state index contributed by atoms with van der Waals surface area (Å²) in [6.07, 6.45) is 1.01. The minimum atomic E-state index is -0.555. The largest absolute Gasteiger partial charge is 0.444 e. The van der Waals surface area contributed by atoms with Gasteiger partial charge in [0, 0.05) is 31.1 Å². The van der Waals surface area contributed by atoms with Gasteiger partial charge in [0.05, 0.1) is 12.7 Å². The molecule has 1 aliphatic rings. The van der Waals surface area contributed by atoms with Gasteiger partial charge in [-0.15, -0.1) is 0 Å². The van der Waals surface area contributed by atoms with E-state index in [2.05, 4.69) is 0 Å². The van der Waals surface area contributed by atoms with Crippen LogP contribution in [0, 0.1) is 18.7 Å². The van der Waals surface area contributed by atoms with Crippen LogP contribution in [0.5, 0.6) is 0 Å². The van der Waals surface area contributed by atoms with E-state index in [1.165, 1.54) is 6.07 Å². The molecule has 32 heavy (non-hydrogen) atoms. The Kier molecular flexibility index (Phi) is 7.91. The number of benzene rings is 2. The van der Waals surface area contributed by atoms with Gasteiger partial charge in [-0.05, 0) is 57.7 Å². The standard InChI is InChI=1S/C26H35FN2O3/c1-18-8-5-9-19(16-18)23-21(11-6-12-22(23)27)24(31-15-13-28)20-10-7-14-29(17-20)25(30)32-26(2,3)4/h5-6,8-9,11-12,16,20,24H,7,10,13-15,17,28H2,1-4H3/t20-,24?/m1/s1. The Morgan fingerprint density at radius 2 is 2.00 bits per heavy atom. The Morgan fingerprint density at radius 3 is 2.69 bits per heavy atom. The summed E-state index contributed by atoms with van der Waals surface area (Å²) in [7, 11) is 0. The molecule has 1 amide bonds. The fourth-order valence-corrected chi connectivity index (χ4v) is 4.31. The van der Waals surface area contributed by atoms with Crippen molar-refractivity contribution in [1.82, 2.24) is 4.90 Å². The average molecular weight is 443 g/mol. The first kappa shape index (κ1) is 24.2. The van der Waals surface area contributed by atoms with Gasteiger partial charge in [0.1, 0.15) is 11.4 Å². The van der Waals surface area contributed by atoms with Crippen molar-refractivity contribution in [3.05, 3.63) is 59.4 Å². The maximum Gasteiger partial charge on any atom is 0.410 e. The first-order valence-corrected chi connectivity index (χ1v) is 11.3. The Labute approximate surface area is 190 Å². The molecule has 2 aromatic rings. The van der Waals surface area contributed by atoms with Crippen molar-refractivity contribution >= 4 is 6.09 Å². The number of carbonyl (C=O) groups is 1. The fourth-order valence-electron chi connectivity index (χ4n) is 4.31. The number of nitrogens with zero attached hydrogens (tertiary/aromatic N) is 1. The van der Waals surface area contributed by atoms with Gasteiger partial charge >= 0.3 is 6.09 Å². The zero-order chi connectivity index (χ0) is 23.3. The zero-order valence-corrected chi connectivity index (χ0v) is 19.6. The van der Waals surface area contributed by atoms with Crippen LogP contribution in [0.15, 0.2) is 42.5 Å². The second kappa shape index (κ2) is 10.5. The van der Waals surface area contributed by atoms with E-state index in [1.807, 2.05) is 58.0 Å². The molecule has 1 saturated heterocycles. The Hall–Kier alpha value is -2.44. The van der Waals surface area contributed by atoms with Crippen molar-refractivity contribution in [3.8, 4) is 11.1 Å². The van der Waals surface area contributed by atoms with E-state index in [0.29, 0.717) is 31.8 Å². The number of piperidine rings is 1. The van der Waals surface area contributed by atoms with E-state index >= 15 is 4.39 Å². The van der Waals surface area contributed by atoms with Gasteiger partial charge in [-0.3, -0.25) is 0 Å². The van der Waals surface area contributed by atoms with Crippen LogP contribution in [0.3, 0.4) is 0 Å². The first-order chi connectivity index (χ1) is 15.2. The van der Waals surface area contributed by atoms with Crippen LogP contribution in [0.2, 0.25) is 0 Å². The van der Waals surface area contributed by atoms with Crippen LogP contribution in [-0.4, -0.2) is 42.8 Å². The number of hydrogen-bond acceptors (Lipinski definition) is 4. The van der Waals surface area contributed by atoms with E-state index in [1.54, 1.807) is 11.0 Å². The SMILES string of the molecule is Cc1cccc(-c2c(F)cccc2C(OCCN)[C@@H]2CCCN(C(=O)OC(C)(C)C)C2)c1. The van der Waals surface area contributed by atoms with E-state index in [9.17, 15) is 4.79 Å². The summed E-state index contributed by atoms with van der Waals surface area (Å²) >= 11 is 0. The van der Waals surface area contributed by atoms with Crippen LogP contribution in [0.25, 0.3) is 11.1 Å². The van der Waals surface area contributed by atoms with E-state index in [0.717, 1.165) is 29.5 Å². The van der Waals surface area contributed by atoms with Gasteiger partial charge in [0.2, 0.25) is 0 Å². The summed E-state index contributed by atoms with van der Waals surface area (Å²) in [6, 6.07) is 13.0. The molecule has 2 aromatic carbocycles. The van der Waals surface area contributed by atoms with E-state index < -0.39 is 5.60 Å². The number of carbonyl (C=O) groups excluding carboxylic acids is 1. The molecule has 1 aliphatic heterocycles. The average Bonchev–Trinajstić information content (AvgIpc) is 2.73. The predicted molar refractivity (Wildman–Crippen MR) is 125 cm³/mol. The van der Waals surface area contributed by atoms with Crippen LogP contribution >= 0.6 is 0 Å². The maximum absolute atomic E-state index is 15.1. The van der Waals surface area contributed by atoms with Crippen LogP contribution in [0.1, 0.15) is 50.8 Å². The summed E-state index contributed by atoms with van der Waals surface area (Å²) in [6.45, 7) is 9.44. The molecule has 1 heterocycles. The lowest BCUT2D eigenvalue weighted by Crippen LogP contribution is -2.44. The summed E-state index contributed by atoms with van der Waals surface area (Å²) in [4.78, 5) is 14.4. The number of halogens is 1. The quantitative estimate of drug-likeness (QED) is 0.645. The molecule has 0 saturated carbocycles. The number of likely N-dealkylation sites (tertiary alicyclic amines) is 1. The number of aryl methyl sites for hydroxylation is 1. The molecule has 0 radical (unpaired) electrons. The number of amides is 1. The summed E-state index contributed by atoms with van der Waals surface area (Å²) in [5.41, 5.74) is 8.41. The number of hydrogen-bond donors (Lipinski definition) is 1. The highest BCUT2D eigenvalue weighted by molar-refractivity contribution is 5.70. The van der Waals surface area contributed by atoms with Crippen LogP contribution in [-0.2, 0) is 9.47 Å². The number of rotatable bonds is 6. The van der Waals surface area contributed by atoms with Crippen molar-refractivity contribution in [1.29, 1.82) is 0 Å².